The minimum absolute atomic E-state index is 0.168. The quantitative estimate of drug-likeness (QED) is 0.327. The van der Waals surface area contributed by atoms with Crippen molar-refractivity contribution in [1.82, 2.24) is 5.32 Å². The van der Waals surface area contributed by atoms with Gasteiger partial charge in [-0.3, -0.25) is 19.7 Å². The van der Waals surface area contributed by atoms with Gasteiger partial charge >= 0.3 is 12.0 Å². The van der Waals surface area contributed by atoms with Gasteiger partial charge in [-0.1, -0.05) is 40.5 Å². The standard InChI is InChI=1S/C21H17BrN2O5/c1-3-18(25)29-17-9-6-14(22)10-13(17)11-16-19(26)23-21(28)24(20(16)27)15-7-4-12(2)5-8-15/h4-11H,3H2,1-2H3,(H,23,26,28)/b16-11-. The number of rotatable bonds is 4. The summed E-state index contributed by atoms with van der Waals surface area (Å²) in [6.45, 7) is 3.53. The Bertz CT molecular complexity index is 1040. The van der Waals surface area contributed by atoms with Gasteiger partial charge in [0.15, 0.2) is 0 Å². The van der Waals surface area contributed by atoms with Crippen molar-refractivity contribution in [2.45, 2.75) is 20.3 Å². The fraction of sp³-hybridized carbons (Fsp3) is 0.143. The first-order valence-electron chi connectivity index (χ1n) is 8.78. The summed E-state index contributed by atoms with van der Waals surface area (Å²) in [7, 11) is 0. The predicted molar refractivity (Wildman–Crippen MR) is 110 cm³/mol. The molecule has 0 bridgehead atoms. The maximum atomic E-state index is 13.0. The van der Waals surface area contributed by atoms with Crippen molar-refractivity contribution in [3.05, 3.63) is 63.6 Å². The summed E-state index contributed by atoms with van der Waals surface area (Å²) in [5, 5.41) is 2.17. The number of imide groups is 2. The number of hydrogen-bond donors (Lipinski definition) is 1. The molecule has 0 spiro atoms. The number of benzene rings is 2. The largest absolute Gasteiger partial charge is 0.426 e. The van der Waals surface area contributed by atoms with Crippen molar-refractivity contribution in [1.29, 1.82) is 0 Å². The highest BCUT2D eigenvalue weighted by molar-refractivity contribution is 9.10. The van der Waals surface area contributed by atoms with E-state index in [9.17, 15) is 19.2 Å². The summed E-state index contributed by atoms with van der Waals surface area (Å²) in [4.78, 5) is 50.2. The van der Waals surface area contributed by atoms with Crippen LogP contribution >= 0.6 is 15.9 Å². The highest BCUT2D eigenvalue weighted by Crippen LogP contribution is 2.28. The van der Waals surface area contributed by atoms with Crippen LogP contribution in [-0.4, -0.2) is 23.8 Å². The van der Waals surface area contributed by atoms with Crippen LogP contribution in [-0.2, 0) is 14.4 Å². The van der Waals surface area contributed by atoms with E-state index in [1.165, 1.54) is 6.08 Å². The average molecular weight is 457 g/mol. The molecule has 1 heterocycles. The number of carbonyl (C=O) groups is 4. The lowest BCUT2D eigenvalue weighted by molar-refractivity contribution is -0.134. The second kappa shape index (κ2) is 8.40. The molecular formula is C21H17BrN2O5. The van der Waals surface area contributed by atoms with Gasteiger partial charge < -0.3 is 4.74 Å². The van der Waals surface area contributed by atoms with Crippen LogP contribution in [0.1, 0.15) is 24.5 Å². The van der Waals surface area contributed by atoms with E-state index in [0.29, 0.717) is 15.7 Å². The van der Waals surface area contributed by atoms with Crippen LogP contribution in [0.4, 0.5) is 10.5 Å². The molecule has 1 aliphatic heterocycles. The molecule has 0 radical (unpaired) electrons. The molecule has 0 saturated carbocycles. The summed E-state index contributed by atoms with van der Waals surface area (Å²) in [5.41, 5.74) is 1.39. The minimum Gasteiger partial charge on any atom is -0.426 e. The molecule has 0 unspecified atom stereocenters. The van der Waals surface area contributed by atoms with Crippen LogP contribution in [0.15, 0.2) is 52.5 Å². The van der Waals surface area contributed by atoms with Crippen molar-refractivity contribution in [3.63, 3.8) is 0 Å². The highest BCUT2D eigenvalue weighted by Gasteiger charge is 2.37. The predicted octanol–water partition coefficient (Wildman–Crippen LogP) is 3.74. The number of anilines is 1. The SMILES string of the molecule is CCC(=O)Oc1ccc(Br)cc1/C=C1/C(=O)NC(=O)N(c2ccc(C)cc2)C1=O. The molecule has 148 valence electrons. The maximum Gasteiger partial charge on any atom is 0.335 e. The molecule has 0 aromatic heterocycles. The molecule has 2 aromatic rings. The van der Waals surface area contributed by atoms with Gasteiger partial charge in [-0.15, -0.1) is 0 Å². The highest BCUT2D eigenvalue weighted by atomic mass is 79.9. The van der Waals surface area contributed by atoms with Gasteiger partial charge in [-0.2, -0.15) is 0 Å². The molecule has 8 heteroatoms. The van der Waals surface area contributed by atoms with Crippen LogP contribution < -0.4 is 15.0 Å². The average Bonchev–Trinajstić information content (AvgIpc) is 2.68. The van der Waals surface area contributed by atoms with E-state index >= 15 is 0 Å². The summed E-state index contributed by atoms with van der Waals surface area (Å²) in [6.07, 6.45) is 1.47. The zero-order valence-electron chi connectivity index (χ0n) is 15.7. The van der Waals surface area contributed by atoms with Gasteiger partial charge in [0.1, 0.15) is 11.3 Å². The fourth-order valence-corrected chi connectivity index (χ4v) is 3.04. The Morgan fingerprint density at radius 3 is 2.48 bits per heavy atom. The van der Waals surface area contributed by atoms with Crippen molar-refractivity contribution >= 4 is 51.5 Å². The number of urea groups is 1. The van der Waals surface area contributed by atoms with Crippen LogP contribution in [0.5, 0.6) is 5.75 Å². The third kappa shape index (κ3) is 4.43. The Morgan fingerprint density at radius 1 is 1.14 bits per heavy atom. The summed E-state index contributed by atoms with van der Waals surface area (Å²) in [6, 6.07) is 10.8. The van der Waals surface area contributed by atoms with E-state index in [0.717, 1.165) is 10.5 Å². The molecular weight excluding hydrogens is 440 g/mol. The monoisotopic (exact) mass is 456 g/mol. The molecule has 1 N–H and O–H groups in total. The molecule has 0 atom stereocenters. The van der Waals surface area contributed by atoms with Crippen molar-refractivity contribution < 1.29 is 23.9 Å². The number of halogens is 1. The normalized spacial score (nSPS) is 15.5. The Hall–Kier alpha value is -3.26. The van der Waals surface area contributed by atoms with Gasteiger partial charge in [0.25, 0.3) is 11.8 Å². The van der Waals surface area contributed by atoms with Gasteiger partial charge in [0.05, 0.1) is 5.69 Å². The lowest BCUT2D eigenvalue weighted by atomic mass is 10.1. The number of nitrogens with zero attached hydrogens (tertiary/aromatic N) is 1. The smallest absolute Gasteiger partial charge is 0.335 e. The molecule has 1 saturated heterocycles. The topological polar surface area (TPSA) is 92.8 Å². The minimum atomic E-state index is -0.826. The number of ether oxygens (including phenoxy) is 1. The van der Waals surface area contributed by atoms with E-state index < -0.39 is 23.8 Å². The van der Waals surface area contributed by atoms with Crippen LogP contribution in [0.25, 0.3) is 6.08 Å². The van der Waals surface area contributed by atoms with Crippen LogP contribution in [0.2, 0.25) is 0 Å². The van der Waals surface area contributed by atoms with Crippen molar-refractivity contribution in [2.75, 3.05) is 4.90 Å². The zero-order valence-corrected chi connectivity index (χ0v) is 17.3. The van der Waals surface area contributed by atoms with Gasteiger partial charge in [0, 0.05) is 16.5 Å². The van der Waals surface area contributed by atoms with E-state index in [1.807, 2.05) is 6.92 Å². The Morgan fingerprint density at radius 2 is 1.83 bits per heavy atom. The number of barbiturate groups is 1. The van der Waals surface area contributed by atoms with Crippen LogP contribution in [0, 0.1) is 6.92 Å². The van der Waals surface area contributed by atoms with Crippen molar-refractivity contribution in [3.8, 4) is 5.75 Å². The van der Waals surface area contributed by atoms with Gasteiger partial charge in [0.2, 0.25) is 0 Å². The first-order valence-corrected chi connectivity index (χ1v) is 9.57. The second-order valence-corrected chi connectivity index (χ2v) is 7.22. The Balaban J connectivity index is 2.04. The van der Waals surface area contributed by atoms with Crippen LogP contribution in [0.3, 0.4) is 0 Å². The number of aryl methyl sites for hydroxylation is 1. The number of hydrogen-bond acceptors (Lipinski definition) is 5. The van der Waals surface area contributed by atoms with Gasteiger partial charge in [-0.05, 0) is 43.3 Å². The lowest BCUT2D eigenvalue weighted by Gasteiger charge is -2.26. The molecule has 1 aliphatic rings. The fourth-order valence-electron chi connectivity index (χ4n) is 2.66. The number of carbonyl (C=O) groups excluding carboxylic acids is 4. The molecule has 4 amide bonds. The molecule has 7 nitrogen and oxygen atoms in total. The van der Waals surface area contributed by atoms with Gasteiger partial charge in [-0.25, -0.2) is 9.69 Å². The summed E-state index contributed by atoms with van der Waals surface area (Å²) >= 11 is 3.32. The third-order valence-electron chi connectivity index (χ3n) is 4.18. The van der Waals surface area contributed by atoms with E-state index in [4.69, 9.17) is 4.74 Å². The van der Waals surface area contributed by atoms with E-state index in [2.05, 4.69) is 21.2 Å². The number of nitrogens with one attached hydrogen (secondary N) is 1. The molecule has 3 rings (SSSR count). The van der Waals surface area contributed by atoms with E-state index in [1.54, 1.807) is 49.4 Å². The summed E-state index contributed by atoms with van der Waals surface area (Å²) < 4.78 is 5.94. The van der Waals surface area contributed by atoms with Crippen molar-refractivity contribution in [2.24, 2.45) is 0 Å². The number of amides is 4. The number of esters is 1. The molecule has 0 aliphatic carbocycles. The maximum absolute atomic E-state index is 13.0. The Labute approximate surface area is 175 Å². The Kier molecular flexibility index (Phi) is 5.93. The van der Waals surface area contributed by atoms with E-state index in [-0.39, 0.29) is 17.7 Å². The molecule has 2 aromatic carbocycles. The lowest BCUT2D eigenvalue weighted by Crippen LogP contribution is -2.54. The first-order chi connectivity index (χ1) is 13.8. The first kappa shape index (κ1) is 20.5. The molecule has 29 heavy (non-hydrogen) atoms. The molecule has 1 fully saturated rings. The summed E-state index contributed by atoms with van der Waals surface area (Å²) in [5.74, 6) is -1.85. The zero-order chi connectivity index (χ0) is 21.1. The second-order valence-electron chi connectivity index (χ2n) is 6.30. The third-order valence-corrected chi connectivity index (χ3v) is 4.67.